The summed E-state index contributed by atoms with van der Waals surface area (Å²) in [5, 5.41) is 0. The first kappa shape index (κ1) is 15.5. The molecule has 0 aliphatic heterocycles. The lowest BCUT2D eigenvalue weighted by molar-refractivity contribution is 0.0978. The molecule has 0 aliphatic carbocycles. The van der Waals surface area contributed by atoms with E-state index in [4.69, 9.17) is 0 Å². The Kier molecular flexibility index (Phi) is 6.17. The fourth-order valence-electron chi connectivity index (χ4n) is 2.41. The fraction of sp³-hybridized carbons (Fsp3) is 0.316. The van der Waals surface area contributed by atoms with E-state index in [2.05, 4.69) is 36.2 Å². The first-order valence-electron chi connectivity index (χ1n) is 7.56. The maximum Gasteiger partial charge on any atom is 0.162 e. The van der Waals surface area contributed by atoms with Crippen molar-refractivity contribution in [2.24, 2.45) is 0 Å². The lowest BCUT2D eigenvalue weighted by Gasteiger charge is -2.16. The van der Waals surface area contributed by atoms with Crippen LogP contribution in [-0.2, 0) is 6.54 Å². The molecule has 0 saturated heterocycles. The van der Waals surface area contributed by atoms with E-state index in [1.165, 1.54) is 5.56 Å². The van der Waals surface area contributed by atoms with E-state index in [9.17, 15) is 4.79 Å². The molecular weight excluding hydrogens is 258 g/mol. The van der Waals surface area contributed by atoms with Gasteiger partial charge in [-0.15, -0.1) is 0 Å². The molecular formula is C19H23NO. The van der Waals surface area contributed by atoms with E-state index in [0.29, 0.717) is 6.42 Å². The Morgan fingerprint density at radius 3 is 2.19 bits per heavy atom. The first-order chi connectivity index (χ1) is 10.3. The van der Waals surface area contributed by atoms with Gasteiger partial charge >= 0.3 is 0 Å². The van der Waals surface area contributed by atoms with E-state index < -0.39 is 0 Å². The second-order valence-electron chi connectivity index (χ2n) is 5.47. The third-order valence-corrected chi connectivity index (χ3v) is 3.58. The molecule has 0 radical (unpaired) electrons. The van der Waals surface area contributed by atoms with Crippen molar-refractivity contribution in [2.75, 3.05) is 13.6 Å². The van der Waals surface area contributed by atoms with Crippen LogP contribution in [0.4, 0.5) is 0 Å². The average Bonchev–Trinajstić information content (AvgIpc) is 2.53. The predicted octanol–water partition coefficient (Wildman–Crippen LogP) is 4.17. The third kappa shape index (κ3) is 5.52. The predicted molar refractivity (Wildman–Crippen MR) is 87.4 cm³/mol. The normalized spacial score (nSPS) is 10.8. The summed E-state index contributed by atoms with van der Waals surface area (Å²) in [6, 6.07) is 20.0. The average molecular weight is 281 g/mol. The zero-order chi connectivity index (χ0) is 14.9. The SMILES string of the molecule is CN(CCCCC(=O)c1ccccc1)Cc1ccccc1. The van der Waals surface area contributed by atoms with E-state index in [1.54, 1.807) is 0 Å². The molecule has 0 fully saturated rings. The summed E-state index contributed by atoms with van der Waals surface area (Å²) >= 11 is 0. The maximum atomic E-state index is 12.0. The molecule has 0 heterocycles. The summed E-state index contributed by atoms with van der Waals surface area (Å²) in [7, 11) is 2.13. The highest BCUT2D eigenvalue weighted by molar-refractivity contribution is 5.95. The van der Waals surface area contributed by atoms with Gasteiger partial charge in [0.2, 0.25) is 0 Å². The zero-order valence-corrected chi connectivity index (χ0v) is 12.7. The minimum Gasteiger partial charge on any atom is -0.302 e. The molecule has 0 N–H and O–H groups in total. The third-order valence-electron chi connectivity index (χ3n) is 3.58. The van der Waals surface area contributed by atoms with Crippen LogP contribution in [0, 0.1) is 0 Å². The molecule has 2 heteroatoms. The van der Waals surface area contributed by atoms with Crippen molar-refractivity contribution in [3.63, 3.8) is 0 Å². The number of rotatable bonds is 8. The largest absolute Gasteiger partial charge is 0.302 e. The summed E-state index contributed by atoms with van der Waals surface area (Å²) in [5.41, 5.74) is 2.16. The van der Waals surface area contributed by atoms with Crippen molar-refractivity contribution in [3.05, 3.63) is 71.8 Å². The van der Waals surface area contributed by atoms with Crippen molar-refractivity contribution in [2.45, 2.75) is 25.8 Å². The van der Waals surface area contributed by atoms with Crippen LogP contribution < -0.4 is 0 Å². The van der Waals surface area contributed by atoms with Gasteiger partial charge in [-0.2, -0.15) is 0 Å². The van der Waals surface area contributed by atoms with Gasteiger partial charge in [0.05, 0.1) is 0 Å². The molecule has 0 atom stereocenters. The smallest absolute Gasteiger partial charge is 0.162 e. The zero-order valence-electron chi connectivity index (χ0n) is 12.7. The minimum absolute atomic E-state index is 0.251. The molecule has 2 aromatic rings. The Labute approximate surface area is 127 Å². The van der Waals surface area contributed by atoms with Crippen LogP contribution in [0.25, 0.3) is 0 Å². The molecule has 0 aliphatic rings. The van der Waals surface area contributed by atoms with Gasteiger partial charge in [0.1, 0.15) is 0 Å². The van der Waals surface area contributed by atoms with E-state index >= 15 is 0 Å². The number of nitrogens with zero attached hydrogens (tertiary/aromatic N) is 1. The quantitative estimate of drug-likeness (QED) is 0.534. The number of unbranched alkanes of at least 4 members (excludes halogenated alkanes) is 1. The Bertz CT molecular complexity index is 536. The second-order valence-corrected chi connectivity index (χ2v) is 5.47. The second kappa shape index (κ2) is 8.38. The van der Waals surface area contributed by atoms with Gasteiger partial charge in [-0.1, -0.05) is 60.7 Å². The number of carbonyl (C=O) groups excluding carboxylic acids is 1. The van der Waals surface area contributed by atoms with E-state index in [0.717, 1.165) is 31.5 Å². The Balaban J connectivity index is 1.64. The summed E-state index contributed by atoms with van der Waals surface area (Å²) in [6.45, 7) is 1.99. The minimum atomic E-state index is 0.251. The van der Waals surface area contributed by atoms with Crippen molar-refractivity contribution in [3.8, 4) is 0 Å². The molecule has 0 unspecified atom stereocenters. The number of ketones is 1. The topological polar surface area (TPSA) is 20.3 Å². The van der Waals surface area contributed by atoms with Gasteiger partial charge in [-0.3, -0.25) is 4.79 Å². The molecule has 0 bridgehead atoms. The van der Waals surface area contributed by atoms with E-state index in [-0.39, 0.29) is 5.78 Å². The Morgan fingerprint density at radius 2 is 1.52 bits per heavy atom. The number of hydrogen-bond donors (Lipinski definition) is 0. The highest BCUT2D eigenvalue weighted by Crippen LogP contribution is 2.08. The van der Waals surface area contributed by atoms with Crippen molar-refractivity contribution in [1.82, 2.24) is 4.90 Å². The molecule has 0 amide bonds. The number of hydrogen-bond acceptors (Lipinski definition) is 2. The van der Waals surface area contributed by atoms with Gasteiger partial charge in [-0.05, 0) is 32.0 Å². The monoisotopic (exact) mass is 281 g/mol. The van der Waals surface area contributed by atoms with Crippen LogP contribution in [0.3, 0.4) is 0 Å². The van der Waals surface area contributed by atoms with Crippen LogP contribution in [-0.4, -0.2) is 24.3 Å². The molecule has 110 valence electrons. The van der Waals surface area contributed by atoms with Crippen LogP contribution in [0.5, 0.6) is 0 Å². The highest BCUT2D eigenvalue weighted by atomic mass is 16.1. The van der Waals surface area contributed by atoms with Gasteiger partial charge in [0.25, 0.3) is 0 Å². The summed E-state index contributed by atoms with van der Waals surface area (Å²) in [6.07, 6.45) is 2.65. The molecule has 2 aromatic carbocycles. The van der Waals surface area contributed by atoms with Gasteiger partial charge in [-0.25, -0.2) is 0 Å². The molecule has 0 spiro atoms. The van der Waals surface area contributed by atoms with Crippen LogP contribution >= 0.6 is 0 Å². The van der Waals surface area contributed by atoms with E-state index in [1.807, 2.05) is 36.4 Å². The highest BCUT2D eigenvalue weighted by Gasteiger charge is 2.05. The van der Waals surface area contributed by atoms with Crippen molar-refractivity contribution < 1.29 is 4.79 Å². The van der Waals surface area contributed by atoms with Gasteiger partial charge < -0.3 is 4.90 Å². The molecule has 21 heavy (non-hydrogen) atoms. The standard InChI is InChI=1S/C19H23NO/c1-20(16-17-10-4-2-5-11-17)15-9-8-14-19(21)18-12-6-3-7-13-18/h2-7,10-13H,8-9,14-16H2,1H3. The lowest BCUT2D eigenvalue weighted by Crippen LogP contribution is -2.19. The summed E-state index contributed by atoms with van der Waals surface area (Å²) in [4.78, 5) is 14.3. The first-order valence-corrected chi connectivity index (χ1v) is 7.56. The van der Waals surface area contributed by atoms with Crippen LogP contribution in [0.1, 0.15) is 35.2 Å². The van der Waals surface area contributed by atoms with Crippen LogP contribution in [0.15, 0.2) is 60.7 Å². The fourth-order valence-corrected chi connectivity index (χ4v) is 2.41. The maximum absolute atomic E-state index is 12.0. The molecule has 0 aromatic heterocycles. The number of Topliss-reactive ketones (excluding diaryl/α,β-unsaturated/α-hetero) is 1. The van der Waals surface area contributed by atoms with Gasteiger partial charge in [0.15, 0.2) is 5.78 Å². The molecule has 2 rings (SSSR count). The molecule has 0 saturated carbocycles. The Hall–Kier alpha value is -1.93. The lowest BCUT2D eigenvalue weighted by atomic mass is 10.1. The van der Waals surface area contributed by atoms with Crippen LogP contribution in [0.2, 0.25) is 0 Å². The summed E-state index contributed by atoms with van der Waals surface area (Å²) in [5.74, 6) is 0.251. The number of benzene rings is 2. The van der Waals surface area contributed by atoms with Crippen molar-refractivity contribution >= 4 is 5.78 Å². The summed E-state index contributed by atoms with van der Waals surface area (Å²) < 4.78 is 0. The number of carbonyl (C=O) groups is 1. The van der Waals surface area contributed by atoms with Crippen molar-refractivity contribution in [1.29, 1.82) is 0 Å². The molecule has 2 nitrogen and oxygen atoms in total. The van der Waals surface area contributed by atoms with Gasteiger partial charge in [0, 0.05) is 18.5 Å². The Morgan fingerprint density at radius 1 is 0.905 bits per heavy atom.